The maximum absolute atomic E-state index is 4.68. The quantitative estimate of drug-likeness (QED) is 0.647. The van der Waals surface area contributed by atoms with Gasteiger partial charge in [0.15, 0.2) is 5.16 Å². The first kappa shape index (κ1) is 12.2. The van der Waals surface area contributed by atoms with E-state index in [2.05, 4.69) is 20.6 Å². The average Bonchev–Trinajstić information content (AvgIpc) is 2.91. The average molecular weight is 264 g/mol. The van der Waals surface area contributed by atoms with Gasteiger partial charge in [0, 0.05) is 18.2 Å². The summed E-state index contributed by atoms with van der Waals surface area (Å²) in [6.45, 7) is 1.92. The largest absolute Gasteiger partial charge is 0.367 e. The third-order valence-electron chi connectivity index (χ3n) is 3.80. The van der Waals surface area contributed by atoms with Gasteiger partial charge < -0.3 is 10.6 Å². The van der Waals surface area contributed by atoms with Crippen LogP contribution in [0.5, 0.6) is 0 Å². The highest BCUT2D eigenvalue weighted by Crippen LogP contribution is 2.27. The molecule has 5 heteroatoms. The first-order valence-electron chi connectivity index (χ1n) is 6.78. The molecule has 4 nitrogen and oxygen atoms in total. The lowest BCUT2D eigenvalue weighted by Gasteiger charge is -2.22. The van der Waals surface area contributed by atoms with E-state index < -0.39 is 0 Å². The second-order valence-corrected chi connectivity index (χ2v) is 5.81. The van der Waals surface area contributed by atoms with Gasteiger partial charge in [-0.3, -0.25) is 0 Å². The minimum atomic E-state index is 0.619. The normalized spacial score (nSPS) is 19.8. The Morgan fingerprint density at radius 1 is 1.28 bits per heavy atom. The fourth-order valence-corrected chi connectivity index (χ4v) is 3.20. The smallest absolute Gasteiger partial charge is 0.189 e. The molecular formula is C13H20N4S. The van der Waals surface area contributed by atoms with Gasteiger partial charge in [0.2, 0.25) is 0 Å². The van der Waals surface area contributed by atoms with Crippen LogP contribution >= 0.6 is 11.8 Å². The summed E-state index contributed by atoms with van der Waals surface area (Å²) in [5, 5.41) is 7.92. The number of fused-ring (bicyclic) bond motifs is 1. The summed E-state index contributed by atoms with van der Waals surface area (Å²) in [5.41, 5.74) is 2.51. The minimum Gasteiger partial charge on any atom is -0.367 e. The highest BCUT2D eigenvalue weighted by atomic mass is 32.2. The second-order valence-electron chi connectivity index (χ2n) is 5.04. The van der Waals surface area contributed by atoms with Crippen LogP contribution in [0.15, 0.2) is 5.16 Å². The Kier molecular flexibility index (Phi) is 3.70. The number of rotatable bonds is 3. The third kappa shape index (κ3) is 2.47. The number of hydrogen-bond acceptors (Lipinski definition) is 5. The molecule has 2 N–H and O–H groups in total. The first-order valence-corrected chi connectivity index (χ1v) is 8.00. The molecule has 0 saturated heterocycles. The lowest BCUT2D eigenvalue weighted by Crippen LogP contribution is -2.28. The van der Waals surface area contributed by atoms with Crippen molar-refractivity contribution in [2.75, 3.05) is 18.1 Å². The van der Waals surface area contributed by atoms with E-state index in [0.717, 1.165) is 30.5 Å². The zero-order chi connectivity index (χ0) is 12.4. The maximum atomic E-state index is 4.68. The summed E-state index contributed by atoms with van der Waals surface area (Å²) in [6, 6.07) is 0.619. The van der Waals surface area contributed by atoms with Crippen molar-refractivity contribution >= 4 is 17.6 Å². The predicted molar refractivity (Wildman–Crippen MR) is 75.1 cm³/mol. The molecule has 1 saturated carbocycles. The van der Waals surface area contributed by atoms with E-state index in [-0.39, 0.29) is 0 Å². The van der Waals surface area contributed by atoms with Crippen LogP contribution < -0.4 is 10.6 Å². The number of nitrogens with one attached hydrogen (secondary N) is 2. The minimum absolute atomic E-state index is 0.619. The standard InChI is InChI=1S/C13H20N4S/c1-18-13-16-11-8-14-7-6-10(11)12(17-13)15-9-4-2-3-5-9/h9,14H,2-8H2,1H3,(H,15,16,17). The van der Waals surface area contributed by atoms with Gasteiger partial charge in [0.25, 0.3) is 0 Å². The Labute approximate surface area is 112 Å². The number of hydrogen-bond donors (Lipinski definition) is 2. The lowest BCUT2D eigenvalue weighted by molar-refractivity contribution is 0.611. The number of aromatic nitrogens is 2. The van der Waals surface area contributed by atoms with E-state index in [0.29, 0.717) is 6.04 Å². The van der Waals surface area contributed by atoms with Gasteiger partial charge in [-0.05, 0) is 32.1 Å². The summed E-state index contributed by atoms with van der Waals surface area (Å²) < 4.78 is 0. The Hall–Kier alpha value is -0.810. The van der Waals surface area contributed by atoms with Crippen LogP contribution in [0.1, 0.15) is 36.9 Å². The van der Waals surface area contributed by atoms with Crippen LogP contribution in [0, 0.1) is 0 Å². The Morgan fingerprint density at radius 2 is 2.11 bits per heavy atom. The van der Waals surface area contributed by atoms with Crippen molar-refractivity contribution in [3.63, 3.8) is 0 Å². The summed E-state index contributed by atoms with van der Waals surface area (Å²) in [4.78, 5) is 9.30. The van der Waals surface area contributed by atoms with Crippen molar-refractivity contribution in [3.8, 4) is 0 Å². The SMILES string of the molecule is CSc1nc2c(c(NC3CCCC3)n1)CCNC2. The van der Waals surface area contributed by atoms with Gasteiger partial charge in [-0.1, -0.05) is 24.6 Å². The molecule has 0 radical (unpaired) electrons. The topological polar surface area (TPSA) is 49.8 Å². The fraction of sp³-hybridized carbons (Fsp3) is 0.692. The van der Waals surface area contributed by atoms with Crippen molar-refractivity contribution in [3.05, 3.63) is 11.3 Å². The van der Waals surface area contributed by atoms with Crippen molar-refractivity contribution in [2.24, 2.45) is 0 Å². The molecule has 1 aromatic rings. The summed E-state index contributed by atoms with van der Waals surface area (Å²) in [5.74, 6) is 1.10. The molecule has 0 spiro atoms. The van der Waals surface area contributed by atoms with Crippen molar-refractivity contribution in [1.82, 2.24) is 15.3 Å². The van der Waals surface area contributed by atoms with Gasteiger partial charge in [0.1, 0.15) is 5.82 Å². The Balaban J connectivity index is 1.89. The molecule has 0 unspecified atom stereocenters. The van der Waals surface area contributed by atoms with E-state index in [1.54, 1.807) is 11.8 Å². The van der Waals surface area contributed by atoms with E-state index in [9.17, 15) is 0 Å². The van der Waals surface area contributed by atoms with Gasteiger partial charge in [-0.15, -0.1) is 0 Å². The highest BCUT2D eigenvalue weighted by molar-refractivity contribution is 7.98. The summed E-state index contributed by atoms with van der Waals surface area (Å²) in [6.07, 6.45) is 8.34. The molecule has 1 fully saturated rings. The number of anilines is 1. The van der Waals surface area contributed by atoms with Crippen LogP contribution in [0.25, 0.3) is 0 Å². The van der Waals surface area contributed by atoms with Crippen LogP contribution in [-0.2, 0) is 13.0 Å². The van der Waals surface area contributed by atoms with Gasteiger partial charge in [-0.2, -0.15) is 0 Å². The van der Waals surface area contributed by atoms with Crippen LogP contribution in [0.3, 0.4) is 0 Å². The van der Waals surface area contributed by atoms with Gasteiger partial charge in [-0.25, -0.2) is 9.97 Å². The molecule has 0 bridgehead atoms. The Bertz CT molecular complexity index is 429. The van der Waals surface area contributed by atoms with E-state index in [4.69, 9.17) is 0 Å². The summed E-state index contributed by atoms with van der Waals surface area (Å²) >= 11 is 1.62. The number of thioether (sulfide) groups is 1. The molecule has 2 heterocycles. The van der Waals surface area contributed by atoms with E-state index >= 15 is 0 Å². The zero-order valence-corrected chi connectivity index (χ0v) is 11.6. The van der Waals surface area contributed by atoms with Crippen molar-refractivity contribution < 1.29 is 0 Å². The molecule has 0 aromatic carbocycles. The monoisotopic (exact) mass is 264 g/mol. The lowest BCUT2D eigenvalue weighted by atomic mass is 10.1. The Morgan fingerprint density at radius 3 is 2.89 bits per heavy atom. The molecule has 1 aliphatic carbocycles. The fourth-order valence-electron chi connectivity index (χ4n) is 2.81. The van der Waals surface area contributed by atoms with Crippen LogP contribution in [0.4, 0.5) is 5.82 Å². The van der Waals surface area contributed by atoms with Crippen molar-refractivity contribution in [1.29, 1.82) is 0 Å². The van der Waals surface area contributed by atoms with Crippen LogP contribution in [-0.4, -0.2) is 28.8 Å². The maximum Gasteiger partial charge on any atom is 0.189 e. The zero-order valence-electron chi connectivity index (χ0n) is 10.8. The second kappa shape index (κ2) is 5.45. The van der Waals surface area contributed by atoms with Gasteiger partial charge in [0.05, 0.1) is 5.69 Å². The molecule has 2 aliphatic rings. The molecule has 3 rings (SSSR count). The van der Waals surface area contributed by atoms with Crippen molar-refractivity contribution in [2.45, 2.75) is 49.8 Å². The van der Waals surface area contributed by atoms with E-state index in [1.165, 1.54) is 36.9 Å². The molecule has 0 atom stereocenters. The molecular weight excluding hydrogens is 244 g/mol. The summed E-state index contributed by atoms with van der Waals surface area (Å²) in [7, 11) is 0. The molecule has 18 heavy (non-hydrogen) atoms. The molecule has 98 valence electrons. The molecule has 1 aromatic heterocycles. The predicted octanol–water partition coefficient (Wildman–Crippen LogP) is 2.20. The molecule has 1 aliphatic heterocycles. The first-order chi connectivity index (χ1) is 8.86. The van der Waals surface area contributed by atoms with Gasteiger partial charge >= 0.3 is 0 Å². The highest BCUT2D eigenvalue weighted by Gasteiger charge is 2.21. The molecule has 0 amide bonds. The third-order valence-corrected chi connectivity index (χ3v) is 4.34. The van der Waals surface area contributed by atoms with E-state index in [1.807, 2.05) is 6.26 Å². The van der Waals surface area contributed by atoms with Crippen LogP contribution in [0.2, 0.25) is 0 Å². The number of nitrogens with zero attached hydrogens (tertiary/aromatic N) is 2.